The van der Waals surface area contributed by atoms with Gasteiger partial charge in [0.2, 0.25) is 0 Å². The molecule has 1 heterocycles. The minimum Gasteiger partial charge on any atom is -0.493 e. The van der Waals surface area contributed by atoms with E-state index in [9.17, 15) is 4.79 Å². The smallest absolute Gasteiger partial charge is 0.254 e. The van der Waals surface area contributed by atoms with Crippen molar-refractivity contribution in [3.63, 3.8) is 0 Å². The third-order valence-corrected chi connectivity index (χ3v) is 5.14. The lowest BCUT2D eigenvalue weighted by molar-refractivity contribution is 0.0785. The maximum atomic E-state index is 13.2. The predicted molar refractivity (Wildman–Crippen MR) is 120 cm³/mol. The van der Waals surface area contributed by atoms with Gasteiger partial charge in [0, 0.05) is 30.1 Å². The molecule has 1 amide bonds. The summed E-state index contributed by atoms with van der Waals surface area (Å²) in [5, 5.41) is 8.23. The zero-order valence-corrected chi connectivity index (χ0v) is 17.5. The van der Waals surface area contributed by atoms with E-state index < -0.39 is 0 Å². The fourth-order valence-electron chi connectivity index (χ4n) is 3.75. The molecule has 30 heavy (non-hydrogen) atoms. The highest BCUT2D eigenvalue weighted by Crippen LogP contribution is 2.31. The van der Waals surface area contributed by atoms with E-state index in [1.165, 1.54) is 0 Å². The van der Waals surface area contributed by atoms with Gasteiger partial charge in [-0.3, -0.25) is 9.89 Å². The predicted octanol–water partition coefficient (Wildman–Crippen LogP) is 5.21. The second-order valence-corrected chi connectivity index (χ2v) is 7.43. The van der Waals surface area contributed by atoms with Crippen molar-refractivity contribution in [3.8, 4) is 16.9 Å². The van der Waals surface area contributed by atoms with Crippen LogP contribution in [0, 0.1) is 6.92 Å². The number of aromatic nitrogens is 2. The summed E-state index contributed by atoms with van der Waals surface area (Å²) in [6.45, 7) is 5.02. The van der Waals surface area contributed by atoms with E-state index >= 15 is 0 Å². The lowest BCUT2D eigenvalue weighted by Crippen LogP contribution is -2.26. The van der Waals surface area contributed by atoms with Crippen molar-refractivity contribution in [3.05, 3.63) is 83.6 Å². The van der Waals surface area contributed by atoms with Gasteiger partial charge in [0.1, 0.15) is 5.75 Å². The van der Waals surface area contributed by atoms with E-state index in [4.69, 9.17) is 4.74 Å². The number of hydrogen-bond acceptors (Lipinski definition) is 3. The van der Waals surface area contributed by atoms with Gasteiger partial charge in [0.25, 0.3) is 5.91 Å². The second-order valence-electron chi connectivity index (χ2n) is 7.43. The van der Waals surface area contributed by atoms with Gasteiger partial charge in [-0.2, -0.15) is 5.10 Å². The molecule has 0 spiro atoms. The number of amides is 1. The third kappa shape index (κ3) is 3.92. The summed E-state index contributed by atoms with van der Waals surface area (Å²) in [6.07, 6.45) is 1.81. The summed E-state index contributed by atoms with van der Waals surface area (Å²) in [4.78, 5) is 14.9. The average molecular weight is 399 g/mol. The van der Waals surface area contributed by atoms with Crippen molar-refractivity contribution < 1.29 is 9.53 Å². The fraction of sp³-hybridized carbons (Fsp3) is 0.200. The Morgan fingerprint density at radius 3 is 2.67 bits per heavy atom. The highest BCUT2D eigenvalue weighted by atomic mass is 16.5. The number of carbonyl (C=O) groups is 1. The van der Waals surface area contributed by atoms with Gasteiger partial charge in [-0.1, -0.05) is 36.4 Å². The number of benzene rings is 3. The van der Waals surface area contributed by atoms with Gasteiger partial charge in [0.15, 0.2) is 0 Å². The first-order valence-electron chi connectivity index (χ1n) is 10.1. The van der Waals surface area contributed by atoms with Crippen LogP contribution in [0.15, 0.2) is 66.9 Å². The molecule has 0 saturated carbocycles. The molecule has 5 nitrogen and oxygen atoms in total. The number of rotatable bonds is 6. The molecule has 4 aromatic rings. The highest BCUT2D eigenvalue weighted by molar-refractivity contribution is 5.95. The first-order valence-corrected chi connectivity index (χ1v) is 10.1. The van der Waals surface area contributed by atoms with E-state index in [0.717, 1.165) is 38.9 Å². The van der Waals surface area contributed by atoms with Crippen LogP contribution < -0.4 is 4.74 Å². The number of H-pyrrole nitrogens is 1. The van der Waals surface area contributed by atoms with Gasteiger partial charge in [-0.25, -0.2) is 0 Å². The van der Waals surface area contributed by atoms with E-state index in [1.807, 2.05) is 68.7 Å². The van der Waals surface area contributed by atoms with Crippen LogP contribution in [-0.2, 0) is 6.54 Å². The van der Waals surface area contributed by atoms with Crippen LogP contribution in [0.4, 0.5) is 0 Å². The number of aryl methyl sites for hydroxylation is 1. The summed E-state index contributed by atoms with van der Waals surface area (Å²) >= 11 is 0. The lowest BCUT2D eigenvalue weighted by atomic mass is 10.0. The van der Waals surface area contributed by atoms with Crippen molar-refractivity contribution >= 4 is 16.8 Å². The van der Waals surface area contributed by atoms with Crippen LogP contribution in [0.3, 0.4) is 0 Å². The molecule has 0 saturated heterocycles. The molecule has 0 bridgehead atoms. The number of fused-ring (bicyclic) bond motifs is 1. The summed E-state index contributed by atoms with van der Waals surface area (Å²) in [7, 11) is 1.82. The quantitative estimate of drug-likeness (QED) is 0.484. The minimum absolute atomic E-state index is 0.0512. The number of carbonyl (C=O) groups excluding carboxylic acids is 1. The van der Waals surface area contributed by atoms with Crippen LogP contribution >= 0.6 is 0 Å². The maximum Gasteiger partial charge on any atom is 0.254 e. The van der Waals surface area contributed by atoms with Crippen LogP contribution in [-0.4, -0.2) is 34.7 Å². The number of aromatic amines is 1. The standard InChI is InChI=1S/C25H25N3O2/c1-4-30-23-14-19(10-11-22(23)18-8-6-5-7-9-18)25(29)28(3)16-21-13-17(2)12-20-15-26-27-24(20)21/h5-15H,4,16H2,1-3H3,(H,26,27). The molecule has 0 aliphatic rings. The fourth-order valence-corrected chi connectivity index (χ4v) is 3.75. The minimum atomic E-state index is -0.0512. The number of hydrogen-bond donors (Lipinski definition) is 1. The van der Waals surface area contributed by atoms with Crippen molar-refractivity contribution in [1.82, 2.24) is 15.1 Å². The van der Waals surface area contributed by atoms with Gasteiger partial charge in [-0.05, 0) is 54.8 Å². The van der Waals surface area contributed by atoms with E-state index in [0.29, 0.717) is 18.7 Å². The van der Waals surface area contributed by atoms with Gasteiger partial charge < -0.3 is 9.64 Å². The van der Waals surface area contributed by atoms with Crippen molar-refractivity contribution in [1.29, 1.82) is 0 Å². The van der Waals surface area contributed by atoms with Crippen LogP contribution in [0.1, 0.15) is 28.4 Å². The Labute approximate surface area is 176 Å². The Morgan fingerprint density at radius 1 is 1.10 bits per heavy atom. The molecule has 5 heteroatoms. The summed E-state index contributed by atoms with van der Waals surface area (Å²) < 4.78 is 5.86. The SMILES string of the molecule is CCOc1cc(C(=O)N(C)Cc2cc(C)cc3cn[nH]c23)ccc1-c1ccccc1. The third-order valence-electron chi connectivity index (χ3n) is 5.14. The Kier molecular flexibility index (Phi) is 5.53. The van der Waals surface area contributed by atoms with E-state index in [2.05, 4.69) is 29.3 Å². The average Bonchev–Trinajstić information content (AvgIpc) is 3.22. The monoisotopic (exact) mass is 399 g/mol. The molecule has 3 aromatic carbocycles. The number of ether oxygens (including phenoxy) is 1. The van der Waals surface area contributed by atoms with Crippen molar-refractivity contribution in [2.75, 3.05) is 13.7 Å². The molecule has 0 aliphatic carbocycles. The molecular weight excluding hydrogens is 374 g/mol. The molecular formula is C25H25N3O2. The Bertz CT molecular complexity index is 1180. The maximum absolute atomic E-state index is 13.2. The Balaban J connectivity index is 1.62. The van der Waals surface area contributed by atoms with Crippen LogP contribution in [0.25, 0.3) is 22.0 Å². The molecule has 0 aliphatic heterocycles. The molecule has 4 rings (SSSR count). The normalized spacial score (nSPS) is 10.9. The molecule has 0 radical (unpaired) electrons. The lowest BCUT2D eigenvalue weighted by Gasteiger charge is -2.19. The molecule has 1 N–H and O–H groups in total. The van der Waals surface area contributed by atoms with Crippen molar-refractivity contribution in [2.24, 2.45) is 0 Å². The van der Waals surface area contributed by atoms with E-state index in [1.54, 1.807) is 4.90 Å². The topological polar surface area (TPSA) is 58.2 Å². The molecule has 0 atom stereocenters. The van der Waals surface area contributed by atoms with Gasteiger partial charge >= 0.3 is 0 Å². The number of nitrogens with one attached hydrogen (secondary N) is 1. The molecule has 1 aromatic heterocycles. The van der Waals surface area contributed by atoms with Gasteiger partial charge in [0.05, 0.1) is 18.3 Å². The highest BCUT2D eigenvalue weighted by Gasteiger charge is 2.17. The zero-order valence-electron chi connectivity index (χ0n) is 17.5. The molecule has 0 fully saturated rings. The zero-order chi connectivity index (χ0) is 21.1. The van der Waals surface area contributed by atoms with Gasteiger partial charge in [-0.15, -0.1) is 0 Å². The van der Waals surface area contributed by atoms with Crippen molar-refractivity contribution in [2.45, 2.75) is 20.4 Å². The first kappa shape index (κ1) is 19.7. The first-order chi connectivity index (χ1) is 14.6. The second kappa shape index (κ2) is 8.41. The Morgan fingerprint density at radius 2 is 1.90 bits per heavy atom. The summed E-state index contributed by atoms with van der Waals surface area (Å²) in [5.74, 6) is 0.666. The Hall–Kier alpha value is -3.60. The van der Waals surface area contributed by atoms with E-state index in [-0.39, 0.29) is 5.91 Å². The molecule has 0 unspecified atom stereocenters. The van der Waals surface area contributed by atoms with Crippen LogP contribution in [0.2, 0.25) is 0 Å². The summed E-state index contributed by atoms with van der Waals surface area (Å²) in [5.41, 5.74) is 5.81. The molecule has 152 valence electrons. The summed E-state index contributed by atoms with van der Waals surface area (Å²) in [6, 6.07) is 19.9. The largest absolute Gasteiger partial charge is 0.493 e. The van der Waals surface area contributed by atoms with Crippen LogP contribution in [0.5, 0.6) is 5.75 Å². The number of nitrogens with zero attached hydrogens (tertiary/aromatic N) is 2.